The zero-order chi connectivity index (χ0) is 15.6. The lowest BCUT2D eigenvalue weighted by Crippen LogP contribution is -2.28. The van der Waals surface area contributed by atoms with Crippen LogP contribution < -0.4 is 5.73 Å². The largest absolute Gasteiger partial charge is 0.323 e. The summed E-state index contributed by atoms with van der Waals surface area (Å²) >= 11 is 3.41. The molecule has 5 heteroatoms. The number of aromatic nitrogens is 2. The van der Waals surface area contributed by atoms with E-state index in [2.05, 4.69) is 21.0 Å². The predicted molar refractivity (Wildman–Crippen MR) is 87.2 cm³/mol. The van der Waals surface area contributed by atoms with Crippen LogP contribution in [-0.4, -0.2) is 15.6 Å². The molecule has 112 valence electrons. The fourth-order valence-electron chi connectivity index (χ4n) is 2.31. The van der Waals surface area contributed by atoms with E-state index < -0.39 is 0 Å². The van der Waals surface area contributed by atoms with Crippen LogP contribution in [0.4, 0.5) is 0 Å². The highest BCUT2D eigenvalue weighted by Crippen LogP contribution is 2.27. The van der Waals surface area contributed by atoms with Crippen molar-refractivity contribution in [2.45, 2.75) is 32.9 Å². The van der Waals surface area contributed by atoms with E-state index in [0.29, 0.717) is 10.2 Å². The van der Waals surface area contributed by atoms with Gasteiger partial charge in [-0.2, -0.15) is 5.10 Å². The number of benzene rings is 1. The Morgan fingerprint density at radius 2 is 1.86 bits per heavy atom. The van der Waals surface area contributed by atoms with Crippen molar-refractivity contribution in [1.82, 2.24) is 9.78 Å². The molecule has 0 aliphatic carbocycles. The van der Waals surface area contributed by atoms with Gasteiger partial charge in [0.2, 0.25) is 0 Å². The molecule has 1 heterocycles. The quantitative estimate of drug-likeness (QED) is 0.836. The number of halogens is 1. The predicted octanol–water partition coefficient (Wildman–Crippen LogP) is 3.75. The highest BCUT2D eigenvalue weighted by atomic mass is 79.9. The van der Waals surface area contributed by atoms with Crippen LogP contribution in [0.5, 0.6) is 0 Å². The van der Waals surface area contributed by atoms with Crippen LogP contribution in [-0.2, 0) is 0 Å². The molecule has 0 saturated carbocycles. The van der Waals surface area contributed by atoms with Gasteiger partial charge in [-0.1, -0.05) is 37.3 Å². The minimum absolute atomic E-state index is 0.00410. The van der Waals surface area contributed by atoms with E-state index in [4.69, 9.17) is 5.73 Å². The number of rotatable bonds is 5. The summed E-state index contributed by atoms with van der Waals surface area (Å²) in [4.78, 5) is 12.8. The molecule has 2 atom stereocenters. The Hall–Kier alpha value is -1.46. The second-order valence-electron chi connectivity index (χ2n) is 5.47. The average molecular weight is 350 g/mol. The normalized spacial score (nSPS) is 14.2. The Labute approximate surface area is 133 Å². The van der Waals surface area contributed by atoms with Crippen molar-refractivity contribution in [3.05, 3.63) is 52.3 Å². The molecule has 2 unspecified atom stereocenters. The second kappa shape index (κ2) is 6.54. The standard InChI is InChI=1S/C16H20BrN3O/c1-10(2)20-15(13(17)9-19-20)16(21)11(3)14(18)12-7-5-4-6-8-12/h4-11,14H,18H2,1-3H3. The fourth-order valence-corrected chi connectivity index (χ4v) is 2.77. The Morgan fingerprint density at radius 1 is 1.24 bits per heavy atom. The van der Waals surface area contributed by atoms with Crippen LogP contribution in [0.2, 0.25) is 0 Å². The summed E-state index contributed by atoms with van der Waals surface area (Å²) in [5.74, 6) is -0.317. The lowest BCUT2D eigenvalue weighted by molar-refractivity contribution is 0.0899. The van der Waals surface area contributed by atoms with Gasteiger partial charge in [-0.3, -0.25) is 9.48 Å². The van der Waals surface area contributed by atoms with E-state index in [0.717, 1.165) is 5.56 Å². The van der Waals surface area contributed by atoms with Gasteiger partial charge in [0, 0.05) is 18.0 Å². The molecule has 2 rings (SSSR count). The number of hydrogen-bond donors (Lipinski definition) is 1. The monoisotopic (exact) mass is 349 g/mol. The molecule has 0 amide bonds. The first kappa shape index (κ1) is 15.9. The van der Waals surface area contributed by atoms with E-state index in [9.17, 15) is 4.79 Å². The average Bonchev–Trinajstić information content (AvgIpc) is 2.87. The first-order chi connectivity index (χ1) is 9.93. The van der Waals surface area contributed by atoms with Crippen molar-refractivity contribution in [3.63, 3.8) is 0 Å². The molecule has 0 aliphatic heterocycles. The molecule has 21 heavy (non-hydrogen) atoms. The number of nitrogens with zero attached hydrogens (tertiary/aromatic N) is 2. The van der Waals surface area contributed by atoms with Crippen LogP contribution >= 0.6 is 15.9 Å². The maximum absolute atomic E-state index is 12.8. The summed E-state index contributed by atoms with van der Waals surface area (Å²) in [5.41, 5.74) is 7.81. The van der Waals surface area contributed by atoms with Crippen molar-refractivity contribution in [2.75, 3.05) is 0 Å². The summed E-state index contributed by atoms with van der Waals surface area (Å²) < 4.78 is 2.45. The Bertz CT molecular complexity index is 622. The van der Waals surface area contributed by atoms with Crippen molar-refractivity contribution in [1.29, 1.82) is 0 Å². The highest BCUT2D eigenvalue weighted by molar-refractivity contribution is 9.10. The van der Waals surface area contributed by atoms with Crippen LogP contribution in [0, 0.1) is 5.92 Å². The molecule has 2 N–H and O–H groups in total. The van der Waals surface area contributed by atoms with Gasteiger partial charge in [-0.25, -0.2) is 0 Å². The molecular formula is C16H20BrN3O. The van der Waals surface area contributed by atoms with Crippen LogP contribution in [0.3, 0.4) is 0 Å². The molecule has 2 aromatic rings. The molecular weight excluding hydrogens is 330 g/mol. The Balaban J connectivity index is 2.30. The Morgan fingerprint density at radius 3 is 2.43 bits per heavy atom. The number of Topliss-reactive ketones (excluding diaryl/α,β-unsaturated/α-hetero) is 1. The second-order valence-corrected chi connectivity index (χ2v) is 6.32. The lowest BCUT2D eigenvalue weighted by Gasteiger charge is -2.20. The molecule has 0 fully saturated rings. The number of carbonyl (C=O) groups is 1. The first-order valence-electron chi connectivity index (χ1n) is 7.01. The van der Waals surface area contributed by atoms with Crippen LogP contribution in [0.15, 0.2) is 41.0 Å². The summed E-state index contributed by atoms with van der Waals surface area (Å²) in [6.07, 6.45) is 1.66. The van der Waals surface area contributed by atoms with Crippen molar-refractivity contribution in [3.8, 4) is 0 Å². The third kappa shape index (κ3) is 3.24. The van der Waals surface area contributed by atoms with E-state index >= 15 is 0 Å². The van der Waals surface area contributed by atoms with Gasteiger partial charge in [-0.05, 0) is 35.3 Å². The molecule has 0 aliphatic rings. The molecule has 0 spiro atoms. The van der Waals surface area contributed by atoms with Crippen molar-refractivity contribution < 1.29 is 4.79 Å². The van der Waals surface area contributed by atoms with E-state index in [1.807, 2.05) is 51.1 Å². The fraction of sp³-hybridized carbons (Fsp3) is 0.375. The lowest BCUT2D eigenvalue weighted by atomic mass is 9.90. The summed E-state index contributed by atoms with van der Waals surface area (Å²) in [5, 5.41) is 4.26. The minimum atomic E-state index is -0.332. The zero-order valence-corrected chi connectivity index (χ0v) is 14.0. The van der Waals surface area contributed by atoms with Gasteiger partial charge in [0.05, 0.1) is 10.7 Å². The maximum Gasteiger partial charge on any atom is 0.186 e. The van der Waals surface area contributed by atoms with E-state index in [1.54, 1.807) is 10.9 Å². The van der Waals surface area contributed by atoms with E-state index in [-0.39, 0.29) is 23.8 Å². The summed E-state index contributed by atoms with van der Waals surface area (Å²) in [6, 6.07) is 9.48. The SMILES string of the molecule is CC(C(=O)c1c(Br)cnn1C(C)C)C(N)c1ccccc1. The number of nitrogens with two attached hydrogens (primary N) is 1. The molecule has 0 radical (unpaired) electrons. The molecule has 1 aromatic heterocycles. The molecule has 0 bridgehead atoms. The molecule has 0 saturated heterocycles. The number of ketones is 1. The third-order valence-corrected chi connectivity index (χ3v) is 4.19. The zero-order valence-electron chi connectivity index (χ0n) is 12.5. The van der Waals surface area contributed by atoms with Crippen molar-refractivity contribution in [2.24, 2.45) is 11.7 Å². The van der Waals surface area contributed by atoms with Gasteiger partial charge < -0.3 is 5.73 Å². The van der Waals surface area contributed by atoms with Gasteiger partial charge in [0.25, 0.3) is 0 Å². The third-order valence-electron chi connectivity index (χ3n) is 3.61. The summed E-state index contributed by atoms with van der Waals surface area (Å²) in [7, 11) is 0. The molecule has 1 aromatic carbocycles. The van der Waals surface area contributed by atoms with Crippen molar-refractivity contribution >= 4 is 21.7 Å². The number of carbonyl (C=O) groups excluding carboxylic acids is 1. The van der Waals surface area contributed by atoms with E-state index in [1.165, 1.54) is 0 Å². The van der Waals surface area contributed by atoms with Crippen LogP contribution in [0.25, 0.3) is 0 Å². The Kier molecular flexibility index (Phi) is 4.96. The smallest absolute Gasteiger partial charge is 0.186 e. The topological polar surface area (TPSA) is 60.9 Å². The van der Waals surface area contributed by atoms with Gasteiger partial charge >= 0.3 is 0 Å². The minimum Gasteiger partial charge on any atom is -0.323 e. The summed E-state index contributed by atoms with van der Waals surface area (Å²) in [6.45, 7) is 5.86. The van der Waals surface area contributed by atoms with Gasteiger partial charge in [0.15, 0.2) is 5.78 Å². The van der Waals surface area contributed by atoms with Crippen LogP contribution in [0.1, 0.15) is 48.9 Å². The number of hydrogen-bond acceptors (Lipinski definition) is 3. The van der Waals surface area contributed by atoms with Gasteiger partial charge in [0.1, 0.15) is 5.69 Å². The highest BCUT2D eigenvalue weighted by Gasteiger charge is 2.28. The first-order valence-corrected chi connectivity index (χ1v) is 7.80. The van der Waals surface area contributed by atoms with Gasteiger partial charge in [-0.15, -0.1) is 0 Å². The molecule has 4 nitrogen and oxygen atoms in total. The maximum atomic E-state index is 12.8.